The molecular weight excluding hydrogens is 444 g/mol. The molecular formula is C25H37BrO4. The fourth-order valence-electron chi connectivity index (χ4n) is 9.09. The van der Waals surface area contributed by atoms with Gasteiger partial charge in [0.2, 0.25) is 0 Å². The van der Waals surface area contributed by atoms with E-state index in [0.29, 0.717) is 60.4 Å². The Morgan fingerprint density at radius 1 is 1.17 bits per heavy atom. The summed E-state index contributed by atoms with van der Waals surface area (Å²) in [5.41, 5.74) is -0.281. The molecule has 0 aromatic rings. The predicted molar refractivity (Wildman–Crippen MR) is 118 cm³/mol. The highest BCUT2D eigenvalue weighted by Crippen LogP contribution is 2.70. The molecule has 10 atom stereocenters. The van der Waals surface area contributed by atoms with Gasteiger partial charge in [-0.1, -0.05) is 29.8 Å². The minimum absolute atomic E-state index is 0.0281. The van der Waals surface area contributed by atoms with Crippen molar-refractivity contribution in [1.82, 2.24) is 0 Å². The van der Waals surface area contributed by atoms with Gasteiger partial charge in [0, 0.05) is 6.42 Å². The third-order valence-electron chi connectivity index (χ3n) is 10.5. The molecule has 0 radical (unpaired) electrons. The van der Waals surface area contributed by atoms with Crippen molar-refractivity contribution in [3.05, 3.63) is 0 Å². The number of halogens is 1. The first-order chi connectivity index (χ1) is 14.3. The van der Waals surface area contributed by atoms with Crippen molar-refractivity contribution in [3.8, 4) is 0 Å². The van der Waals surface area contributed by atoms with Crippen molar-refractivity contribution in [2.45, 2.75) is 82.6 Å². The van der Waals surface area contributed by atoms with Crippen LogP contribution in [-0.4, -0.2) is 36.4 Å². The first-order valence-electron chi connectivity index (χ1n) is 12.2. The second-order valence-electron chi connectivity index (χ2n) is 11.3. The minimum atomic E-state index is -0.253. The Labute approximate surface area is 189 Å². The van der Waals surface area contributed by atoms with E-state index in [0.717, 1.165) is 12.8 Å². The van der Waals surface area contributed by atoms with Crippen molar-refractivity contribution >= 4 is 27.7 Å². The highest BCUT2D eigenvalue weighted by molar-refractivity contribution is 9.10. The summed E-state index contributed by atoms with van der Waals surface area (Å²) in [6.07, 6.45) is 10.1. The normalized spacial score (nSPS) is 50.4. The summed E-state index contributed by atoms with van der Waals surface area (Å²) in [5, 5.41) is 0. The van der Waals surface area contributed by atoms with Gasteiger partial charge in [-0.15, -0.1) is 0 Å². The third-order valence-corrected chi connectivity index (χ3v) is 11.9. The average molecular weight is 481 g/mol. The molecule has 4 nitrogen and oxygen atoms in total. The molecule has 5 heteroatoms. The summed E-state index contributed by atoms with van der Waals surface area (Å²) in [5.74, 6) is 3.48. The average Bonchev–Trinajstić information content (AvgIpc) is 2.94. The number of carbonyl (C=O) groups excluding carboxylic acids is 2. The van der Waals surface area contributed by atoms with Gasteiger partial charge >= 0.3 is 5.97 Å². The maximum absolute atomic E-state index is 14.3. The van der Waals surface area contributed by atoms with E-state index >= 15 is 0 Å². The smallest absolute Gasteiger partial charge is 0.305 e. The molecule has 6 fully saturated rings. The fraction of sp³-hybridized carbons (Fsp3) is 0.920. The molecule has 0 aromatic heterocycles. The molecule has 4 aliphatic carbocycles. The largest absolute Gasteiger partial charge is 0.469 e. The summed E-state index contributed by atoms with van der Waals surface area (Å²) < 4.78 is 11.3. The van der Waals surface area contributed by atoms with Gasteiger partial charge in [-0.3, -0.25) is 9.59 Å². The zero-order valence-corrected chi connectivity index (χ0v) is 20.3. The Bertz CT molecular complexity index is 724. The van der Waals surface area contributed by atoms with E-state index in [1.54, 1.807) is 0 Å². The maximum atomic E-state index is 14.3. The number of esters is 1. The Kier molecular flexibility index (Phi) is 5.41. The van der Waals surface area contributed by atoms with Gasteiger partial charge in [0.05, 0.1) is 30.1 Å². The molecule has 30 heavy (non-hydrogen) atoms. The number of hydrogen-bond donors (Lipinski definition) is 0. The SMILES string of the molecule is COC(=O)CC[C@H](C)[C@@H]1CC[C@@H]2[C@@H]3CC[C@H]4C[C@H]5CC[C@H]4[C@@]3(CO5)C(=O)[C@@H](Br)[C@@]21C. The second-order valence-corrected chi connectivity index (χ2v) is 12.2. The Morgan fingerprint density at radius 3 is 2.67 bits per heavy atom. The van der Waals surface area contributed by atoms with E-state index in [1.165, 1.54) is 45.6 Å². The van der Waals surface area contributed by atoms with Crippen molar-refractivity contribution in [2.24, 2.45) is 46.3 Å². The molecule has 168 valence electrons. The molecule has 6 aliphatic rings. The molecule has 1 spiro atoms. The van der Waals surface area contributed by atoms with Crippen LogP contribution in [0.1, 0.15) is 71.6 Å². The molecule has 0 N–H and O–H groups in total. The Balaban J connectivity index is 1.47. The minimum Gasteiger partial charge on any atom is -0.469 e. The lowest BCUT2D eigenvalue weighted by Crippen LogP contribution is -2.65. The first-order valence-corrected chi connectivity index (χ1v) is 13.1. The number of carbonyl (C=O) groups is 2. The lowest BCUT2D eigenvalue weighted by atomic mass is 9.42. The van der Waals surface area contributed by atoms with Gasteiger partial charge in [-0.05, 0) is 92.3 Å². The number of methoxy groups -OCH3 is 1. The van der Waals surface area contributed by atoms with Crippen LogP contribution in [0.25, 0.3) is 0 Å². The van der Waals surface area contributed by atoms with E-state index in [-0.39, 0.29) is 21.6 Å². The number of ketones is 1. The molecule has 0 unspecified atom stereocenters. The second kappa shape index (κ2) is 7.57. The van der Waals surface area contributed by atoms with Crippen molar-refractivity contribution in [1.29, 1.82) is 0 Å². The topological polar surface area (TPSA) is 52.6 Å². The fourth-order valence-corrected chi connectivity index (χ4v) is 10.2. The molecule has 2 aliphatic heterocycles. The number of fused-ring (bicyclic) bond motifs is 4. The van der Waals surface area contributed by atoms with E-state index in [4.69, 9.17) is 9.47 Å². The van der Waals surface area contributed by atoms with Gasteiger partial charge in [-0.25, -0.2) is 0 Å². The van der Waals surface area contributed by atoms with Crippen molar-refractivity contribution in [2.75, 3.05) is 13.7 Å². The van der Waals surface area contributed by atoms with Gasteiger partial charge < -0.3 is 9.47 Å². The molecule has 0 amide bonds. The Hall–Kier alpha value is -0.420. The van der Waals surface area contributed by atoms with Crippen LogP contribution in [0.3, 0.4) is 0 Å². The summed E-state index contributed by atoms with van der Waals surface area (Å²) >= 11 is 4.00. The summed E-state index contributed by atoms with van der Waals surface area (Å²) in [6, 6.07) is 0. The molecule has 2 heterocycles. The summed E-state index contributed by atoms with van der Waals surface area (Å²) in [4.78, 5) is 25.9. The highest BCUT2D eigenvalue weighted by atomic mass is 79.9. The van der Waals surface area contributed by atoms with E-state index in [2.05, 4.69) is 29.8 Å². The number of rotatable bonds is 4. The van der Waals surface area contributed by atoms with E-state index in [9.17, 15) is 9.59 Å². The van der Waals surface area contributed by atoms with Crippen LogP contribution in [0.15, 0.2) is 0 Å². The molecule has 4 saturated carbocycles. The monoisotopic (exact) mass is 480 g/mol. The van der Waals surface area contributed by atoms with E-state index in [1.807, 2.05) is 0 Å². The lowest BCUT2D eigenvalue weighted by Gasteiger charge is -2.61. The molecule has 2 saturated heterocycles. The van der Waals surface area contributed by atoms with Crippen LogP contribution >= 0.6 is 15.9 Å². The van der Waals surface area contributed by atoms with Gasteiger partial charge in [0.1, 0.15) is 0 Å². The number of ether oxygens (including phenoxy) is 2. The predicted octanol–water partition coefficient (Wildman–Crippen LogP) is 5.17. The molecule has 4 bridgehead atoms. The zero-order chi connectivity index (χ0) is 21.3. The van der Waals surface area contributed by atoms with Gasteiger partial charge in [0.15, 0.2) is 5.78 Å². The standard InChI is InChI=1S/C25H37BrO4/c1-14(4-11-21(27)29-3)17-9-10-19-20-7-5-15-12-16-6-8-18(15)25(20,13-30-16)23(28)22(26)24(17,19)2/h14-20,22H,4-13H2,1-3H3/t14-,15-,16+,17-,18+,19+,20-,22+,24+,25+/m0/s1. The first kappa shape index (κ1) is 21.4. The quantitative estimate of drug-likeness (QED) is 0.411. The van der Waals surface area contributed by atoms with Crippen LogP contribution in [-0.2, 0) is 19.1 Å². The van der Waals surface area contributed by atoms with Crippen LogP contribution in [0.5, 0.6) is 0 Å². The van der Waals surface area contributed by atoms with Crippen molar-refractivity contribution < 1.29 is 19.1 Å². The van der Waals surface area contributed by atoms with Crippen molar-refractivity contribution in [3.63, 3.8) is 0 Å². The van der Waals surface area contributed by atoms with Gasteiger partial charge in [0.25, 0.3) is 0 Å². The summed E-state index contributed by atoms with van der Waals surface area (Å²) in [7, 11) is 1.46. The van der Waals surface area contributed by atoms with Gasteiger partial charge in [-0.2, -0.15) is 0 Å². The van der Waals surface area contributed by atoms with Crippen LogP contribution < -0.4 is 0 Å². The van der Waals surface area contributed by atoms with Crippen LogP contribution in [0.2, 0.25) is 0 Å². The number of hydrogen-bond acceptors (Lipinski definition) is 4. The molecule has 6 rings (SSSR count). The Morgan fingerprint density at radius 2 is 1.90 bits per heavy atom. The maximum Gasteiger partial charge on any atom is 0.305 e. The van der Waals surface area contributed by atoms with E-state index < -0.39 is 0 Å². The number of alkyl halides is 1. The van der Waals surface area contributed by atoms with Crippen LogP contribution in [0, 0.1) is 46.3 Å². The highest BCUT2D eigenvalue weighted by Gasteiger charge is 2.71. The zero-order valence-electron chi connectivity index (χ0n) is 18.7. The lowest BCUT2D eigenvalue weighted by molar-refractivity contribution is -0.168. The molecule has 0 aromatic carbocycles. The third kappa shape index (κ3) is 2.79. The van der Waals surface area contributed by atoms with Crippen LogP contribution in [0.4, 0.5) is 0 Å². The number of Topliss-reactive ketones (excluding diaryl/α,β-unsaturated/α-hetero) is 1. The summed E-state index contributed by atoms with van der Waals surface area (Å²) in [6.45, 7) is 5.33.